The summed E-state index contributed by atoms with van der Waals surface area (Å²) in [7, 11) is -4.44. The second kappa shape index (κ2) is 4.78. The molecule has 0 aromatic carbocycles. The lowest BCUT2D eigenvalue weighted by atomic mass is 10.3. The van der Waals surface area contributed by atoms with Crippen molar-refractivity contribution in [2.24, 2.45) is 0 Å². The van der Waals surface area contributed by atoms with Gasteiger partial charge in [-0.15, -0.1) is 0 Å². The van der Waals surface area contributed by atoms with Gasteiger partial charge in [0.2, 0.25) is 0 Å². The maximum Gasteiger partial charge on any atom is 0.327 e. The van der Waals surface area contributed by atoms with E-state index in [1.807, 2.05) is 0 Å². The van der Waals surface area contributed by atoms with E-state index in [9.17, 15) is 13.2 Å². The van der Waals surface area contributed by atoms with Crippen LogP contribution in [0.25, 0.3) is 11.2 Å². The van der Waals surface area contributed by atoms with Crippen LogP contribution in [0.4, 0.5) is 5.82 Å². The highest BCUT2D eigenvalue weighted by Crippen LogP contribution is 2.15. The van der Waals surface area contributed by atoms with Crippen molar-refractivity contribution in [1.29, 1.82) is 0 Å². The SMILES string of the molecule is O=C(O)C(CS(=O)(=O)O)Nc1ncnc2nc[nH]c12. The Morgan fingerprint density at radius 1 is 1.42 bits per heavy atom. The summed E-state index contributed by atoms with van der Waals surface area (Å²) in [5, 5.41) is 11.3. The minimum atomic E-state index is -4.44. The molecule has 0 saturated carbocycles. The largest absolute Gasteiger partial charge is 0.480 e. The molecule has 2 aromatic heterocycles. The Morgan fingerprint density at radius 2 is 2.16 bits per heavy atom. The average Bonchev–Trinajstić information content (AvgIpc) is 2.75. The number of hydrogen-bond acceptors (Lipinski definition) is 7. The molecular formula is C8H9N5O5S. The van der Waals surface area contributed by atoms with Gasteiger partial charge in [-0.2, -0.15) is 8.42 Å². The summed E-state index contributed by atoms with van der Waals surface area (Å²) in [5.41, 5.74) is 0.637. The van der Waals surface area contributed by atoms with E-state index in [2.05, 4.69) is 25.3 Å². The summed E-state index contributed by atoms with van der Waals surface area (Å²) in [6.07, 6.45) is 2.49. The van der Waals surface area contributed by atoms with Gasteiger partial charge < -0.3 is 15.4 Å². The Balaban J connectivity index is 2.31. The van der Waals surface area contributed by atoms with Crippen molar-refractivity contribution in [2.75, 3.05) is 11.1 Å². The molecular weight excluding hydrogens is 278 g/mol. The molecule has 4 N–H and O–H groups in total. The molecule has 11 heteroatoms. The molecule has 0 amide bonds. The Bertz CT molecular complexity index is 711. The smallest absolute Gasteiger partial charge is 0.327 e. The minimum absolute atomic E-state index is 0.0820. The number of carboxylic acid groups (broad SMARTS) is 1. The van der Waals surface area contributed by atoms with Crippen molar-refractivity contribution >= 4 is 33.1 Å². The number of carbonyl (C=O) groups is 1. The molecule has 102 valence electrons. The Hall–Kier alpha value is -2.27. The van der Waals surface area contributed by atoms with Crippen molar-refractivity contribution in [3.63, 3.8) is 0 Å². The monoisotopic (exact) mass is 287 g/mol. The topological polar surface area (TPSA) is 158 Å². The number of anilines is 1. The number of hydrogen-bond donors (Lipinski definition) is 4. The van der Waals surface area contributed by atoms with Crippen LogP contribution in [-0.4, -0.2) is 55.8 Å². The first-order valence-electron chi connectivity index (χ1n) is 4.95. The highest BCUT2D eigenvalue weighted by atomic mass is 32.2. The number of nitrogens with one attached hydrogen (secondary N) is 2. The van der Waals surface area contributed by atoms with Crippen LogP contribution < -0.4 is 5.32 Å². The maximum absolute atomic E-state index is 10.9. The summed E-state index contributed by atoms with van der Waals surface area (Å²) >= 11 is 0. The van der Waals surface area contributed by atoms with Crippen molar-refractivity contribution in [1.82, 2.24) is 19.9 Å². The summed E-state index contributed by atoms with van der Waals surface area (Å²) in [6, 6.07) is -1.55. The number of H-pyrrole nitrogens is 1. The van der Waals surface area contributed by atoms with Gasteiger partial charge in [0.25, 0.3) is 10.1 Å². The predicted molar refractivity (Wildman–Crippen MR) is 63.1 cm³/mol. The quantitative estimate of drug-likeness (QED) is 0.511. The number of carboxylic acids is 1. The maximum atomic E-state index is 10.9. The Kier molecular flexibility index (Phi) is 3.31. The Morgan fingerprint density at radius 3 is 2.79 bits per heavy atom. The van der Waals surface area contributed by atoms with E-state index in [1.165, 1.54) is 6.33 Å². The normalized spacial score (nSPS) is 13.3. The average molecular weight is 287 g/mol. The summed E-state index contributed by atoms with van der Waals surface area (Å²) in [4.78, 5) is 25.1. The summed E-state index contributed by atoms with van der Waals surface area (Å²) in [6.45, 7) is 0. The second-order valence-corrected chi connectivity index (χ2v) is 5.10. The van der Waals surface area contributed by atoms with Gasteiger partial charge >= 0.3 is 5.97 Å². The summed E-state index contributed by atoms with van der Waals surface area (Å²) in [5.74, 6) is -2.34. The van der Waals surface area contributed by atoms with Gasteiger partial charge in [-0.05, 0) is 0 Å². The standard InChI is InChI=1S/C8H9N5O5S/c14-8(15)4(1-19(16,17)18)13-7-5-6(10-2-9-5)11-3-12-7/h2-4H,1H2,(H,14,15)(H,16,17,18)(H2,9,10,11,12,13). The highest BCUT2D eigenvalue weighted by Gasteiger charge is 2.25. The summed E-state index contributed by atoms with van der Waals surface area (Å²) < 4.78 is 30.2. The molecule has 0 aliphatic heterocycles. The van der Waals surface area contributed by atoms with E-state index in [0.717, 1.165) is 6.33 Å². The number of imidazole rings is 1. The first kappa shape index (κ1) is 13.2. The predicted octanol–water partition coefficient (Wildman–Crippen LogP) is -0.894. The molecule has 2 aromatic rings. The molecule has 2 rings (SSSR count). The lowest BCUT2D eigenvalue weighted by Crippen LogP contribution is -2.36. The third kappa shape index (κ3) is 3.14. The third-order valence-electron chi connectivity index (χ3n) is 2.21. The third-order valence-corrected chi connectivity index (χ3v) is 2.96. The second-order valence-electron chi connectivity index (χ2n) is 3.61. The van der Waals surface area contributed by atoms with Crippen molar-refractivity contribution in [2.45, 2.75) is 6.04 Å². The van der Waals surface area contributed by atoms with Crippen LogP contribution in [0.5, 0.6) is 0 Å². The Labute approximate surface area is 106 Å². The molecule has 0 fully saturated rings. The fourth-order valence-electron chi connectivity index (χ4n) is 1.42. The zero-order valence-corrected chi connectivity index (χ0v) is 10.1. The van der Waals surface area contributed by atoms with E-state index >= 15 is 0 Å². The van der Waals surface area contributed by atoms with Crippen molar-refractivity contribution < 1.29 is 22.9 Å². The highest BCUT2D eigenvalue weighted by molar-refractivity contribution is 7.85. The van der Waals surface area contributed by atoms with E-state index in [0.29, 0.717) is 11.2 Å². The van der Waals surface area contributed by atoms with E-state index in [-0.39, 0.29) is 5.82 Å². The zero-order chi connectivity index (χ0) is 14.0. The van der Waals surface area contributed by atoms with Crippen LogP contribution in [0.1, 0.15) is 0 Å². The van der Waals surface area contributed by atoms with Crippen LogP contribution in [0.2, 0.25) is 0 Å². The fraction of sp³-hybridized carbons (Fsp3) is 0.250. The molecule has 0 saturated heterocycles. The molecule has 1 atom stereocenters. The lowest BCUT2D eigenvalue weighted by Gasteiger charge is -2.13. The van der Waals surface area contributed by atoms with Crippen molar-refractivity contribution in [3.8, 4) is 0 Å². The first-order valence-corrected chi connectivity index (χ1v) is 6.56. The van der Waals surface area contributed by atoms with Crippen LogP contribution >= 0.6 is 0 Å². The zero-order valence-electron chi connectivity index (χ0n) is 9.31. The molecule has 19 heavy (non-hydrogen) atoms. The van der Waals surface area contributed by atoms with Crippen LogP contribution in [0.3, 0.4) is 0 Å². The van der Waals surface area contributed by atoms with Gasteiger partial charge in [0.05, 0.1) is 6.33 Å². The fourth-order valence-corrected chi connectivity index (χ4v) is 2.07. The minimum Gasteiger partial charge on any atom is -0.480 e. The van der Waals surface area contributed by atoms with E-state index in [4.69, 9.17) is 9.66 Å². The number of aromatic amines is 1. The number of aromatic nitrogens is 4. The molecule has 2 heterocycles. The van der Waals surface area contributed by atoms with Crippen LogP contribution in [0.15, 0.2) is 12.7 Å². The number of nitrogens with zero attached hydrogens (tertiary/aromatic N) is 3. The van der Waals surface area contributed by atoms with Gasteiger partial charge in [-0.25, -0.2) is 19.7 Å². The number of fused-ring (bicyclic) bond motifs is 1. The lowest BCUT2D eigenvalue weighted by molar-refractivity contribution is -0.137. The molecule has 0 spiro atoms. The number of rotatable bonds is 5. The van der Waals surface area contributed by atoms with Crippen molar-refractivity contribution in [3.05, 3.63) is 12.7 Å². The first-order chi connectivity index (χ1) is 8.87. The van der Waals surface area contributed by atoms with Gasteiger partial charge in [-0.3, -0.25) is 4.55 Å². The van der Waals surface area contributed by atoms with Gasteiger partial charge in [0.15, 0.2) is 11.5 Å². The number of aliphatic carboxylic acids is 1. The van der Waals surface area contributed by atoms with E-state index < -0.39 is 27.9 Å². The van der Waals surface area contributed by atoms with Gasteiger partial charge in [0.1, 0.15) is 23.6 Å². The van der Waals surface area contributed by atoms with E-state index in [1.54, 1.807) is 0 Å². The molecule has 0 bridgehead atoms. The van der Waals surface area contributed by atoms with Crippen LogP contribution in [-0.2, 0) is 14.9 Å². The van der Waals surface area contributed by atoms with Crippen LogP contribution in [0, 0.1) is 0 Å². The molecule has 10 nitrogen and oxygen atoms in total. The van der Waals surface area contributed by atoms with Gasteiger partial charge in [0, 0.05) is 0 Å². The van der Waals surface area contributed by atoms with Gasteiger partial charge in [-0.1, -0.05) is 0 Å². The molecule has 0 radical (unpaired) electrons. The molecule has 1 unspecified atom stereocenters. The molecule has 0 aliphatic carbocycles. The molecule has 0 aliphatic rings.